The Bertz CT molecular complexity index is 1120. The quantitative estimate of drug-likeness (QED) is 0.593. The summed E-state index contributed by atoms with van der Waals surface area (Å²) in [5.74, 6) is 0. The summed E-state index contributed by atoms with van der Waals surface area (Å²) in [5.41, 5.74) is 11.8. The molecule has 0 atom stereocenters. The van der Waals surface area contributed by atoms with Gasteiger partial charge in [-0.25, -0.2) is 0 Å². The molecule has 0 spiro atoms. The summed E-state index contributed by atoms with van der Waals surface area (Å²) in [4.78, 5) is 12.3. The molecule has 126 valence electrons. The molecule has 0 fully saturated rings. The first-order valence-electron chi connectivity index (χ1n) is 8.42. The second-order valence-corrected chi connectivity index (χ2v) is 6.07. The van der Waals surface area contributed by atoms with Crippen LogP contribution in [0.5, 0.6) is 0 Å². The Morgan fingerprint density at radius 3 is 2.77 bits per heavy atom. The van der Waals surface area contributed by atoms with Gasteiger partial charge >= 0.3 is 0 Å². The molecule has 3 aromatic heterocycles. The van der Waals surface area contributed by atoms with Gasteiger partial charge in [0.05, 0.1) is 16.8 Å². The Hall–Kier alpha value is -3.49. The average Bonchev–Trinajstić information content (AvgIpc) is 3.11. The van der Waals surface area contributed by atoms with Gasteiger partial charge in [0.2, 0.25) is 0 Å². The maximum absolute atomic E-state index is 9.31. The molecule has 4 aromatic rings. The summed E-state index contributed by atoms with van der Waals surface area (Å²) >= 11 is 0. The smallest absolute Gasteiger partial charge is 0.101 e. The van der Waals surface area contributed by atoms with E-state index < -0.39 is 0 Å². The van der Waals surface area contributed by atoms with Crippen molar-refractivity contribution in [3.8, 4) is 28.6 Å². The van der Waals surface area contributed by atoms with Gasteiger partial charge in [0, 0.05) is 46.7 Å². The van der Waals surface area contributed by atoms with E-state index in [1.807, 2.05) is 48.7 Å². The molecule has 0 aliphatic carbocycles. The lowest BCUT2D eigenvalue weighted by Crippen LogP contribution is -2.04. The van der Waals surface area contributed by atoms with Gasteiger partial charge in [0.1, 0.15) is 6.07 Å². The van der Waals surface area contributed by atoms with E-state index in [9.17, 15) is 5.26 Å². The number of pyridine rings is 2. The first kappa shape index (κ1) is 16.0. The molecule has 0 unspecified atom stereocenters. The number of fused-ring (bicyclic) bond motifs is 1. The maximum Gasteiger partial charge on any atom is 0.101 e. The van der Waals surface area contributed by atoms with Gasteiger partial charge in [-0.3, -0.25) is 9.97 Å². The monoisotopic (exact) mass is 339 g/mol. The lowest BCUT2D eigenvalue weighted by atomic mass is 10.1. The summed E-state index contributed by atoms with van der Waals surface area (Å²) < 4.78 is 0. The van der Waals surface area contributed by atoms with Crippen molar-refractivity contribution < 1.29 is 0 Å². The molecule has 0 radical (unpaired) electrons. The molecule has 5 heteroatoms. The third-order valence-electron chi connectivity index (χ3n) is 4.37. The van der Waals surface area contributed by atoms with E-state index in [2.05, 4.69) is 27.1 Å². The number of nitriles is 1. The van der Waals surface area contributed by atoms with Crippen LogP contribution >= 0.6 is 0 Å². The molecule has 0 bridgehead atoms. The predicted octanol–water partition coefficient (Wildman–Crippen LogP) is 3.66. The minimum atomic E-state index is 0.499. The molecule has 5 nitrogen and oxygen atoms in total. The fourth-order valence-corrected chi connectivity index (χ4v) is 3.06. The van der Waals surface area contributed by atoms with E-state index in [1.165, 1.54) is 0 Å². The fourth-order valence-electron chi connectivity index (χ4n) is 3.06. The Kier molecular flexibility index (Phi) is 4.18. The van der Waals surface area contributed by atoms with Gasteiger partial charge in [-0.15, -0.1) is 0 Å². The molecule has 0 saturated carbocycles. The van der Waals surface area contributed by atoms with Crippen molar-refractivity contribution in [3.63, 3.8) is 0 Å². The Balaban J connectivity index is 1.75. The van der Waals surface area contributed by atoms with Crippen molar-refractivity contribution in [2.75, 3.05) is 6.54 Å². The zero-order valence-electron chi connectivity index (χ0n) is 14.1. The van der Waals surface area contributed by atoms with Gasteiger partial charge in [0.15, 0.2) is 0 Å². The standard InChI is InChI=1S/C21H17N5/c22-7-5-19-16(12-23)11-21(26-19)15-6-8-24-20(10-15)17-9-14-3-1-2-4-18(14)25-13-17/h1-4,6,8-11,13,26H,5,7,22H2. The van der Waals surface area contributed by atoms with Crippen LogP contribution in [0.15, 0.2) is 60.9 Å². The van der Waals surface area contributed by atoms with Crippen LogP contribution in [0.25, 0.3) is 33.4 Å². The van der Waals surface area contributed by atoms with E-state index >= 15 is 0 Å². The summed E-state index contributed by atoms with van der Waals surface area (Å²) in [6.07, 6.45) is 4.26. The molecule has 26 heavy (non-hydrogen) atoms. The fraction of sp³-hybridized carbons (Fsp3) is 0.0952. The van der Waals surface area contributed by atoms with Crippen molar-refractivity contribution in [3.05, 3.63) is 72.2 Å². The summed E-state index contributed by atoms with van der Waals surface area (Å²) in [6.45, 7) is 0.499. The van der Waals surface area contributed by atoms with E-state index in [0.29, 0.717) is 18.5 Å². The van der Waals surface area contributed by atoms with Gasteiger partial charge < -0.3 is 10.7 Å². The van der Waals surface area contributed by atoms with Crippen molar-refractivity contribution in [1.29, 1.82) is 5.26 Å². The van der Waals surface area contributed by atoms with Crippen LogP contribution in [0.1, 0.15) is 11.3 Å². The zero-order valence-corrected chi connectivity index (χ0v) is 14.1. The van der Waals surface area contributed by atoms with Crippen LogP contribution < -0.4 is 5.73 Å². The number of H-pyrrole nitrogens is 1. The van der Waals surface area contributed by atoms with Crippen molar-refractivity contribution in [1.82, 2.24) is 15.0 Å². The molecular weight excluding hydrogens is 322 g/mol. The van der Waals surface area contributed by atoms with Gasteiger partial charge in [-0.1, -0.05) is 18.2 Å². The Morgan fingerprint density at radius 2 is 1.92 bits per heavy atom. The number of nitrogens with two attached hydrogens (primary N) is 1. The SMILES string of the molecule is N#Cc1cc(-c2ccnc(-c3cnc4ccccc4c3)c2)[nH]c1CCN. The first-order chi connectivity index (χ1) is 12.8. The van der Waals surface area contributed by atoms with E-state index in [0.717, 1.165) is 39.1 Å². The molecule has 1 aromatic carbocycles. The second-order valence-electron chi connectivity index (χ2n) is 6.07. The van der Waals surface area contributed by atoms with E-state index in [4.69, 9.17) is 5.73 Å². The molecule has 0 saturated heterocycles. The topological polar surface area (TPSA) is 91.4 Å². The number of hydrogen-bond donors (Lipinski definition) is 2. The Labute approximate surface area is 151 Å². The maximum atomic E-state index is 9.31. The summed E-state index contributed by atoms with van der Waals surface area (Å²) in [6, 6.07) is 18.1. The Morgan fingerprint density at radius 1 is 1.04 bits per heavy atom. The van der Waals surface area contributed by atoms with Gasteiger partial charge in [-0.2, -0.15) is 5.26 Å². The predicted molar refractivity (Wildman–Crippen MR) is 102 cm³/mol. The summed E-state index contributed by atoms with van der Waals surface area (Å²) in [7, 11) is 0. The first-order valence-corrected chi connectivity index (χ1v) is 8.42. The highest BCUT2D eigenvalue weighted by Crippen LogP contribution is 2.27. The minimum absolute atomic E-state index is 0.499. The van der Waals surface area contributed by atoms with E-state index in [-0.39, 0.29) is 0 Å². The number of aromatic amines is 1. The van der Waals surface area contributed by atoms with Crippen LogP contribution in [0.4, 0.5) is 0 Å². The molecular formula is C21H17N5. The van der Waals surface area contributed by atoms with Crippen molar-refractivity contribution >= 4 is 10.9 Å². The van der Waals surface area contributed by atoms with Crippen LogP contribution in [0, 0.1) is 11.3 Å². The number of para-hydroxylation sites is 1. The number of rotatable bonds is 4. The van der Waals surface area contributed by atoms with Crippen molar-refractivity contribution in [2.24, 2.45) is 5.73 Å². The van der Waals surface area contributed by atoms with Crippen LogP contribution in [0.2, 0.25) is 0 Å². The molecule has 0 aliphatic heterocycles. The number of benzene rings is 1. The van der Waals surface area contributed by atoms with Crippen molar-refractivity contribution in [2.45, 2.75) is 6.42 Å². The zero-order chi connectivity index (χ0) is 17.9. The molecule has 4 rings (SSSR count). The average molecular weight is 339 g/mol. The third kappa shape index (κ3) is 2.94. The van der Waals surface area contributed by atoms with E-state index in [1.54, 1.807) is 6.20 Å². The number of hydrogen-bond acceptors (Lipinski definition) is 4. The summed E-state index contributed by atoms with van der Waals surface area (Å²) in [5, 5.41) is 10.4. The van der Waals surface area contributed by atoms with Crippen LogP contribution in [0.3, 0.4) is 0 Å². The third-order valence-corrected chi connectivity index (χ3v) is 4.37. The second kappa shape index (κ2) is 6.79. The molecule has 3 heterocycles. The lowest BCUT2D eigenvalue weighted by Gasteiger charge is -2.05. The number of nitrogens with one attached hydrogen (secondary N) is 1. The highest BCUT2D eigenvalue weighted by Gasteiger charge is 2.10. The largest absolute Gasteiger partial charge is 0.357 e. The lowest BCUT2D eigenvalue weighted by molar-refractivity contribution is 0.932. The van der Waals surface area contributed by atoms with Crippen LogP contribution in [-0.2, 0) is 6.42 Å². The molecule has 0 amide bonds. The molecule has 3 N–H and O–H groups in total. The number of nitrogens with zero attached hydrogens (tertiary/aromatic N) is 3. The normalized spacial score (nSPS) is 10.8. The highest BCUT2D eigenvalue weighted by atomic mass is 14.8. The van der Waals surface area contributed by atoms with Gasteiger partial charge in [-0.05, 0) is 36.9 Å². The minimum Gasteiger partial charge on any atom is -0.357 e. The number of aromatic nitrogens is 3. The van der Waals surface area contributed by atoms with Gasteiger partial charge in [0.25, 0.3) is 0 Å². The highest BCUT2D eigenvalue weighted by molar-refractivity contribution is 5.83. The van der Waals surface area contributed by atoms with Crippen LogP contribution in [-0.4, -0.2) is 21.5 Å². The molecule has 0 aliphatic rings.